The number of hydrogen-bond donors (Lipinski definition) is 1. The first-order valence-corrected chi connectivity index (χ1v) is 9.38. The van der Waals surface area contributed by atoms with Crippen molar-refractivity contribution in [3.8, 4) is 0 Å². The Hall–Kier alpha value is -1.74. The molecular weight excluding hydrogens is 452 g/mol. The molecule has 1 N–H and O–H groups in total. The highest BCUT2D eigenvalue weighted by Crippen LogP contribution is 2.20. The first kappa shape index (κ1) is 18.1. The molecule has 0 aliphatic carbocycles. The number of hydrogen-bond acceptors (Lipinski definition) is 3. The van der Waals surface area contributed by atoms with Crippen molar-refractivity contribution in [3.63, 3.8) is 0 Å². The highest BCUT2D eigenvalue weighted by Gasteiger charge is 2.22. The maximum atomic E-state index is 13.9. The van der Waals surface area contributed by atoms with Gasteiger partial charge < -0.3 is 9.80 Å². The van der Waals surface area contributed by atoms with Gasteiger partial charge in [0.25, 0.3) is 5.91 Å². The molecule has 1 heterocycles. The smallest absolute Gasteiger partial charge is 0.257 e. The molecule has 7 heteroatoms. The minimum absolute atomic E-state index is 0.210. The van der Waals surface area contributed by atoms with Crippen LogP contribution in [0.4, 0.5) is 10.1 Å². The molecule has 0 aromatic heterocycles. The number of nitrogens with one attached hydrogen (secondary N) is 1. The van der Waals surface area contributed by atoms with Crippen LogP contribution in [-0.4, -0.2) is 42.1 Å². The predicted octanol–water partition coefficient (Wildman–Crippen LogP) is 3.27. The highest BCUT2D eigenvalue weighted by atomic mass is 127. The lowest BCUT2D eigenvalue weighted by molar-refractivity contribution is 0.0973. The molecule has 25 heavy (non-hydrogen) atoms. The largest absolute Gasteiger partial charge is 0.366 e. The van der Waals surface area contributed by atoms with Crippen LogP contribution in [0.2, 0.25) is 0 Å². The Kier molecular flexibility index (Phi) is 5.85. The van der Waals surface area contributed by atoms with Crippen molar-refractivity contribution < 1.29 is 9.18 Å². The van der Waals surface area contributed by atoms with Crippen LogP contribution in [-0.2, 0) is 0 Å². The summed E-state index contributed by atoms with van der Waals surface area (Å²) in [5, 5.41) is 3.19. The number of para-hydroxylation sites is 1. The minimum atomic E-state index is -0.217. The van der Waals surface area contributed by atoms with E-state index in [1.807, 2.05) is 28.0 Å². The Bertz CT molecular complexity index is 776. The van der Waals surface area contributed by atoms with Gasteiger partial charge in [0.2, 0.25) is 0 Å². The van der Waals surface area contributed by atoms with Crippen LogP contribution in [0, 0.1) is 9.39 Å². The summed E-state index contributed by atoms with van der Waals surface area (Å²) in [5.74, 6) is -0.427. The van der Waals surface area contributed by atoms with Gasteiger partial charge in [0.15, 0.2) is 5.11 Å². The van der Waals surface area contributed by atoms with Gasteiger partial charge in [0, 0.05) is 35.3 Å². The molecule has 1 amide bonds. The number of carbonyl (C=O) groups excluding carboxylic acids is 1. The Labute approximate surface area is 165 Å². The normalized spacial score (nSPS) is 14.3. The summed E-state index contributed by atoms with van der Waals surface area (Å²) >= 11 is 7.55. The minimum Gasteiger partial charge on any atom is -0.366 e. The second-order valence-corrected chi connectivity index (χ2v) is 7.32. The average Bonchev–Trinajstić information content (AvgIpc) is 2.63. The van der Waals surface area contributed by atoms with Crippen molar-refractivity contribution in [2.45, 2.75) is 0 Å². The number of amides is 1. The summed E-state index contributed by atoms with van der Waals surface area (Å²) in [6.45, 7) is 2.58. The highest BCUT2D eigenvalue weighted by molar-refractivity contribution is 14.1. The summed E-state index contributed by atoms with van der Waals surface area (Å²) in [7, 11) is 0. The van der Waals surface area contributed by atoms with E-state index in [0.29, 0.717) is 42.5 Å². The van der Waals surface area contributed by atoms with E-state index < -0.39 is 0 Å². The number of anilines is 1. The number of thiocarbonyl (C=S) groups is 1. The van der Waals surface area contributed by atoms with Crippen LogP contribution in [0.25, 0.3) is 0 Å². The van der Waals surface area contributed by atoms with Crippen molar-refractivity contribution in [2.24, 2.45) is 0 Å². The van der Waals surface area contributed by atoms with E-state index in [2.05, 4.69) is 27.9 Å². The molecule has 3 rings (SSSR count). The molecule has 0 unspecified atom stereocenters. The van der Waals surface area contributed by atoms with E-state index in [0.717, 1.165) is 3.57 Å². The number of halogens is 2. The molecule has 2 aromatic rings. The second-order valence-electron chi connectivity index (χ2n) is 5.69. The van der Waals surface area contributed by atoms with Crippen molar-refractivity contribution >= 4 is 51.5 Å². The summed E-state index contributed by atoms with van der Waals surface area (Å²) in [4.78, 5) is 16.2. The molecule has 4 nitrogen and oxygen atoms in total. The van der Waals surface area contributed by atoms with Crippen molar-refractivity contribution in [1.29, 1.82) is 0 Å². The zero-order valence-corrected chi connectivity index (χ0v) is 16.4. The lowest BCUT2D eigenvalue weighted by Gasteiger charge is -2.37. The van der Waals surface area contributed by atoms with Gasteiger partial charge in [-0.25, -0.2) is 4.39 Å². The zero-order valence-electron chi connectivity index (χ0n) is 13.4. The SMILES string of the molecule is O=C(NC(=S)N1CCN(c2ccccc2F)CC1)c1ccc(I)cc1. The number of rotatable bonds is 2. The Morgan fingerprint density at radius 3 is 2.32 bits per heavy atom. The van der Waals surface area contributed by atoms with E-state index >= 15 is 0 Å². The lowest BCUT2D eigenvalue weighted by atomic mass is 10.2. The molecule has 1 aliphatic heterocycles. The third-order valence-electron chi connectivity index (χ3n) is 4.09. The fraction of sp³-hybridized carbons (Fsp3) is 0.222. The molecule has 0 saturated carbocycles. The molecule has 0 radical (unpaired) electrons. The van der Waals surface area contributed by atoms with Gasteiger partial charge in [0.05, 0.1) is 5.69 Å². The van der Waals surface area contributed by atoms with Gasteiger partial charge in [-0.3, -0.25) is 10.1 Å². The fourth-order valence-corrected chi connectivity index (χ4v) is 3.34. The van der Waals surface area contributed by atoms with Gasteiger partial charge in [-0.15, -0.1) is 0 Å². The Morgan fingerprint density at radius 1 is 1.04 bits per heavy atom. The topological polar surface area (TPSA) is 35.6 Å². The third-order valence-corrected chi connectivity index (χ3v) is 5.17. The first-order chi connectivity index (χ1) is 12.0. The maximum absolute atomic E-state index is 13.9. The van der Waals surface area contributed by atoms with Crippen molar-refractivity contribution in [1.82, 2.24) is 10.2 Å². The molecule has 1 saturated heterocycles. The maximum Gasteiger partial charge on any atom is 0.257 e. The van der Waals surface area contributed by atoms with Crippen LogP contribution in [0.15, 0.2) is 48.5 Å². The molecule has 1 aliphatic rings. The van der Waals surface area contributed by atoms with Gasteiger partial charge in [0.1, 0.15) is 5.82 Å². The third kappa shape index (κ3) is 4.46. The average molecular weight is 469 g/mol. The molecule has 2 aromatic carbocycles. The Balaban J connectivity index is 1.55. The summed E-state index contributed by atoms with van der Waals surface area (Å²) in [6.07, 6.45) is 0. The summed E-state index contributed by atoms with van der Waals surface area (Å²) in [6, 6.07) is 14.1. The van der Waals surface area contributed by atoms with Crippen LogP contribution in [0.3, 0.4) is 0 Å². The van der Waals surface area contributed by atoms with Crippen molar-refractivity contribution in [3.05, 3.63) is 63.5 Å². The first-order valence-electron chi connectivity index (χ1n) is 7.90. The van der Waals surface area contributed by atoms with Crippen LogP contribution in [0.1, 0.15) is 10.4 Å². The quantitative estimate of drug-likeness (QED) is 0.541. The lowest BCUT2D eigenvalue weighted by Crippen LogP contribution is -2.52. The van der Waals surface area contributed by atoms with Gasteiger partial charge in [-0.2, -0.15) is 0 Å². The molecular formula is C18H17FIN3OS. The number of nitrogens with zero attached hydrogens (tertiary/aromatic N) is 2. The molecule has 0 atom stereocenters. The second kappa shape index (κ2) is 8.09. The van der Waals surface area contributed by atoms with Crippen molar-refractivity contribution in [2.75, 3.05) is 31.1 Å². The summed E-state index contributed by atoms with van der Waals surface area (Å²) in [5.41, 5.74) is 1.18. The molecule has 0 spiro atoms. The molecule has 0 bridgehead atoms. The van der Waals surface area contributed by atoms with Gasteiger partial charge in [-0.1, -0.05) is 12.1 Å². The van der Waals surface area contributed by atoms with Gasteiger partial charge in [-0.05, 0) is 71.2 Å². The number of benzene rings is 2. The van der Waals surface area contributed by atoms with Gasteiger partial charge >= 0.3 is 0 Å². The van der Waals surface area contributed by atoms with Crippen LogP contribution < -0.4 is 10.2 Å². The van der Waals surface area contributed by atoms with Crippen LogP contribution >= 0.6 is 34.8 Å². The summed E-state index contributed by atoms with van der Waals surface area (Å²) < 4.78 is 14.9. The van der Waals surface area contributed by atoms with E-state index in [9.17, 15) is 9.18 Å². The Morgan fingerprint density at radius 2 is 1.68 bits per heavy atom. The van der Waals surface area contributed by atoms with Crippen LogP contribution in [0.5, 0.6) is 0 Å². The monoisotopic (exact) mass is 469 g/mol. The van der Waals surface area contributed by atoms with E-state index in [4.69, 9.17) is 12.2 Å². The number of piperazine rings is 1. The molecule has 130 valence electrons. The van der Waals surface area contributed by atoms with E-state index in [1.54, 1.807) is 24.3 Å². The number of carbonyl (C=O) groups is 1. The predicted molar refractivity (Wildman–Crippen MR) is 109 cm³/mol. The fourth-order valence-electron chi connectivity index (χ4n) is 2.71. The zero-order chi connectivity index (χ0) is 17.8. The van der Waals surface area contributed by atoms with E-state index in [1.165, 1.54) is 6.07 Å². The molecule has 1 fully saturated rings. The van der Waals surface area contributed by atoms with E-state index in [-0.39, 0.29) is 11.7 Å². The standard InChI is InChI=1S/C18H17FIN3OS/c19-15-3-1-2-4-16(15)22-9-11-23(12-10-22)18(25)21-17(24)13-5-7-14(20)8-6-13/h1-8H,9-12H2,(H,21,24,25).